The van der Waals surface area contributed by atoms with Crippen LogP contribution in [0.1, 0.15) is 49.9 Å². The number of anilines is 2. The van der Waals surface area contributed by atoms with E-state index in [-0.39, 0.29) is 10.8 Å². The molecule has 0 atom stereocenters. The fourth-order valence-electron chi connectivity index (χ4n) is 4.03. The van der Waals surface area contributed by atoms with Crippen molar-refractivity contribution in [1.29, 1.82) is 0 Å². The molecule has 31 heavy (non-hydrogen) atoms. The van der Waals surface area contributed by atoms with Crippen LogP contribution < -0.4 is 5.32 Å². The lowest BCUT2D eigenvalue weighted by atomic mass is 9.78. The zero-order valence-corrected chi connectivity index (χ0v) is 18.7. The summed E-state index contributed by atoms with van der Waals surface area (Å²) in [6.07, 6.45) is 0. The van der Waals surface area contributed by atoms with Gasteiger partial charge in [-0.15, -0.1) is 0 Å². The van der Waals surface area contributed by atoms with Gasteiger partial charge in [-0.1, -0.05) is 94.4 Å². The number of rotatable bonds is 6. The Kier molecular flexibility index (Phi) is 5.57. The van der Waals surface area contributed by atoms with Crippen molar-refractivity contribution in [3.63, 3.8) is 0 Å². The van der Waals surface area contributed by atoms with E-state index in [1.54, 1.807) is 0 Å². The van der Waals surface area contributed by atoms with Gasteiger partial charge in [0.1, 0.15) is 0 Å². The number of hydrogen-bond acceptors (Lipinski definition) is 1. The molecule has 4 aromatic rings. The van der Waals surface area contributed by atoms with E-state index in [9.17, 15) is 0 Å². The Labute approximate surface area is 186 Å². The van der Waals surface area contributed by atoms with Gasteiger partial charge in [-0.2, -0.15) is 0 Å². The summed E-state index contributed by atoms with van der Waals surface area (Å²) in [5.74, 6) is 0. The van der Waals surface area contributed by atoms with Crippen LogP contribution in [-0.2, 0) is 10.8 Å². The van der Waals surface area contributed by atoms with Gasteiger partial charge in [0.2, 0.25) is 0 Å². The van der Waals surface area contributed by atoms with Crippen molar-refractivity contribution in [2.75, 3.05) is 5.32 Å². The minimum Gasteiger partial charge on any atom is -0.356 e. The Bertz CT molecular complexity index is 1010. The monoisotopic (exact) mass is 403 g/mol. The van der Waals surface area contributed by atoms with E-state index in [0.29, 0.717) is 0 Å². The van der Waals surface area contributed by atoms with Gasteiger partial charge in [0.05, 0.1) is 0 Å². The van der Waals surface area contributed by atoms with E-state index in [1.165, 1.54) is 22.3 Å². The molecule has 0 aliphatic rings. The predicted molar refractivity (Wildman–Crippen MR) is 131 cm³/mol. The zero-order chi connectivity index (χ0) is 21.9. The second-order valence-electron chi connectivity index (χ2n) is 9.12. The standard InChI is InChI=1S/C30H29N/c1-29(2,23-11-7-5-8-12-23)25-15-19-27(20-16-25)31-28-21-17-26(18-22-28)30(3,4)24-13-9-6-10-14-24/h5,7-9,11-22,31H,1-4H3. The second kappa shape index (κ2) is 8.32. The third kappa shape index (κ3) is 4.35. The Hall–Kier alpha value is -3.50. The molecule has 0 saturated carbocycles. The highest BCUT2D eigenvalue weighted by Crippen LogP contribution is 2.33. The number of benzene rings is 3. The van der Waals surface area contributed by atoms with Crippen molar-refractivity contribution < 1.29 is 0 Å². The molecular weight excluding hydrogens is 374 g/mol. The average molecular weight is 404 g/mol. The van der Waals surface area contributed by atoms with Crippen LogP contribution in [0.3, 0.4) is 0 Å². The van der Waals surface area contributed by atoms with Gasteiger partial charge in [-0.25, -0.2) is 0 Å². The third-order valence-electron chi connectivity index (χ3n) is 6.38. The van der Waals surface area contributed by atoms with Crippen LogP contribution in [0.5, 0.6) is 0 Å². The minimum absolute atomic E-state index is 0.0281. The largest absolute Gasteiger partial charge is 0.356 e. The maximum absolute atomic E-state index is 3.53. The lowest BCUT2D eigenvalue weighted by Gasteiger charge is -2.26. The van der Waals surface area contributed by atoms with Crippen LogP contribution in [0.15, 0.2) is 97.1 Å². The van der Waals surface area contributed by atoms with Crippen LogP contribution in [-0.4, -0.2) is 0 Å². The summed E-state index contributed by atoms with van der Waals surface area (Å²) in [4.78, 5) is 0. The molecule has 0 aliphatic carbocycles. The van der Waals surface area contributed by atoms with Gasteiger partial charge in [0.15, 0.2) is 0 Å². The molecule has 0 fully saturated rings. The summed E-state index contributed by atoms with van der Waals surface area (Å²) in [6.45, 7) is 9.03. The second-order valence-corrected chi connectivity index (χ2v) is 9.12. The van der Waals surface area contributed by atoms with E-state index in [0.717, 1.165) is 11.4 Å². The summed E-state index contributed by atoms with van der Waals surface area (Å²) in [6, 6.07) is 40.2. The molecule has 4 aromatic carbocycles. The maximum Gasteiger partial charge on any atom is 0.0384 e. The first kappa shape index (κ1) is 20.8. The van der Waals surface area contributed by atoms with Gasteiger partial charge in [0, 0.05) is 22.2 Å². The van der Waals surface area contributed by atoms with Crippen molar-refractivity contribution in [1.82, 2.24) is 0 Å². The molecule has 1 heteroatoms. The third-order valence-corrected chi connectivity index (χ3v) is 6.38. The Balaban J connectivity index is 1.49. The molecule has 0 saturated heterocycles. The molecular formula is C30H29N. The molecule has 0 bridgehead atoms. The van der Waals surface area contributed by atoms with Gasteiger partial charge in [-0.3, -0.25) is 0 Å². The van der Waals surface area contributed by atoms with Gasteiger partial charge < -0.3 is 5.32 Å². The van der Waals surface area contributed by atoms with Crippen molar-refractivity contribution in [2.24, 2.45) is 0 Å². The number of nitrogens with one attached hydrogen (secondary N) is 1. The van der Waals surface area contributed by atoms with Crippen molar-refractivity contribution >= 4 is 11.4 Å². The molecule has 0 aromatic heterocycles. The first-order valence-electron chi connectivity index (χ1n) is 10.8. The Morgan fingerprint density at radius 1 is 0.516 bits per heavy atom. The quantitative estimate of drug-likeness (QED) is 0.348. The van der Waals surface area contributed by atoms with Crippen LogP contribution >= 0.6 is 0 Å². The fraction of sp³-hybridized carbons (Fsp3) is 0.200. The lowest BCUT2D eigenvalue weighted by Crippen LogP contribution is -2.18. The highest BCUT2D eigenvalue weighted by molar-refractivity contribution is 5.61. The smallest absolute Gasteiger partial charge is 0.0384 e. The molecule has 0 amide bonds. The van der Waals surface area contributed by atoms with E-state index >= 15 is 0 Å². The summed E-state index contributed by atoms with van der Waals surface area (Å²) < 4.78 is 0. The van der Waals surface area contributed by atoms with Gasteiger partial charge in [0.25, 0.3) is 0 Å². The van der Waals surface area contributed by atoms with Crippen LogP contribution in [0.2, 0.25) is 0 Å². The Morgan fingerprint density at radius 2 is 1.00 bits per heavy atom. The van der Waals surface area contributed by atoms with Gasteiger partial charge >= 0.3 is 0 Å². The van der Waals surface area contributed by atoms with Crippen molar-refractivity contribution in [3.8, 4) is 0 Å². The van der Waals surface area contributed by atoms with Crippen LogP contribution in [0.25, 0.3) is 0 Å². The van der Waals surface area contributed by atoms with Gasteiger partial charge in [-0.05, 0) is 64.7 Å². The van der Waals surface area contributed by atoms with Crippen molar-refractivity contribution in [2.45, 2.75) is 38.5 Å². The molecule has 0 radical (unpaired) electrons. The molecule has 0 unspecified atom stereocenters. The lowest BCUT2D eigenvalue weighted by molar-refractivity contribution is 0.641. The van der Waals surface area contributed by atoms with Crippen LogP contribution in [0, 0.1) is 12.1 Å². The first-order valence-corrected chi connectivity index (χ1v) is 10.8. The Morgan fingerprint density at radius 3 is 1.48 bits per heavy atom. The normalized spacial score (nSPS) is 11.6. The highest BCUT2D eigenvalue weighted by Gasteiger charge is 2.23. The number of hydrogen-bond donors (Lipinski definition) is 1. The van der Waals surface area contributed by atoms with Crippen molar-refractivity contribution in [3.05, 3.63) is 131 Å². The van der Waals surface area contributed by atoms with E-state index in [1.807, 2.05) is 12.1 Å². The fourth-order valence-corrected chi connectivity index (χ4v) is 4.03. The van der Waals surface area contributed by atoms with E-state index in [4.69, 9.17) is 0 Å². The zero-order valence-electron chi connectivity index (χ0n) is 18.7. The summed E-state index contributed by atoms with van der Waals surface area (Å²) in [7, 11) is 0. The topological polar surface area (TPSA) is 12.0 Å². The molecule has 1 N–H and O–H groups in total. The summed E-state index contributed by atoms with van der Waals surface area (Å²) >= 11 is 0. The molecule has 1 nitrogen and oxygen atoms in total. The SMILES string of the molecule is CC(C)(c1cc#ccc1)c1ccc(Nc2ccc(C(C)(C)c3ccccc3)cc2)cc1. The molecule has 4 rings (SSSR count). The minimum atomic E-state index is -0.0746. The van der Waals surface area contributed by atoms with E-state index in [2.05, 4.69) is 130 Å². The van der Waals surface area contributed by atoms with E-state index < -0.39 is 0 Å². The first-order chi connectivity index (χ1) is 14.9. The molecule has 0 aliphatic heterocycles. The predicted octanol–water partition coefficient (Wildman–Crippen LogP) is 7.68. The summed E-state index contributed by atoms with van der Waals surface area (Å²) in [5.41, 5.74) is 7.21. The summed E-state index contributed by atoms with van der Waals surface area (Å²) in [5, 5.41) is 3.53. The maximum atomic E-state index is 3.53. The molecule has 0 spiro atoms. The molecule has 0 heterocycles. The highest BCUT2D eigenvalue weighted by atomic mass is 14.9. The molecule has 154 valence electrons. The average Bonchev–Trinajstić information content (AvgIpc) is 2.81. The van der Waals surface area contributed by atoms with Crippen LogP contribution in [0.4, 0.5) is 11.4 Å².